The molecule has 1 atom stereocenters. The maximum absolute atomic E-state index is 8.52. The highest BCUT2D eigenvalue weighted by atomic mass is 14.7. The molecule has 0 aromatic carbocycles. The minimum absolute atomic E-state index is 0.198. The molecule has 0 fully saturated rings. The van der Waals surface area contributed by atoms with E-state index in [2.05, 4.69) is 11.1 Å². The first-order chi connectivity index (χ1) is 4.85. The van der Waals surface area contributed by atoms with E-state index in [0.29, 0.717) is 0 Å². The topological polar surface area (TPSA) is 36.1 Å². The molecule has 0 saturated carbocycles. The van der Waals surface area contributed by atoms with Crippen molar-refractivity contribution in [2.75, 3.05) is 6.54 Å². The van der Waals surface area contributed by atoms with Crippen molar-refractivity contribution in [1.29, 1.82) is 5.26 Å². The van der Waals surface area contributed by atoms with E-state index < -0.39 is 0 Å². The highest BCUT2D eigenvalue weighted by Gasteiger charge is 2.01. The summed E-state index contributed by atoms with van der Waals surface area (Å²) in [7, 11) is 0. The monoisotopic (exact) mass is 138 g/mol. The van der Waals surface area contributed by atoms with E-state index in [1.54, 1.807) is 6.21 Å². The zero-order valence-corrected chi connectivity index (χ0v) is 6.67. The number of hydrogen-bond acceptors (Lipinski definition) is 2. The first-order valence-corrected chi connectivity index (χ1v) is 3.69. The molecule has 0 amide bonds. The Morgan fingerprint density at radius 3 is 2.80 bits per heavy atom. The van der Waals surface area contributed by atoms with Crippen LogP contribution in [0.3, 0.4) is 0 Å². The van der Waals surface area contributed by atoms with Gasteiger partial charge in [0.1, 0.15) is 0 Å². The second-order valence-corrected chi connectivity index (χ2v) is 2.19. The Labute approximate surface area is 62.6 Å². The van der Waals surface area contributed by atoms with Gasteiger partial charge in [-0.1, -0.05) is 6.92 Å². The average molecular weight is 138 g/mol. The van der Waals surface area contributed by atoms with Crippen molar-refractivity contribution in [2.24, 2.45) is 10.9 Å². The molecule has 2 heteroatoms. The van der Waals surface area contributed by atoms with Crippen molar-refractivity contribution in [2.45, 2.75) is 26.7 Å². The van der Waals surface area contributed by atoms with Gasteiger partial charge in [-0.2, -0.15) is 5.26 Å². The molecular weight excluding hydrogens is 124 g/mol. The lowest BCUT2D eigenvalue weighted by molar-refractivity contribution is 0.594. The van der Waals surface area contributed by atoms with Gasteiger partial charge in [-0.15, -0.1) is 0 Å². The summed E-state index contributed by atoms with van der Waals surface area (Å²) in [6, 6.07) is 2.24. The predicted octanol–water partition coefficient (Wildman–Crippen LogP) is 2.02. The van der Waals surface area contributed by atoms with E-state index in [1.165, 1.54) is 0 Å². The summed E-state index contributed by atoms with van der Waals surface area (Å²) < 4.78 is 0. The van der Waals surface area contributed by atoms with Crippen LogP contribution in [0.1, 0.15) is 26.7 Å². The molecule has 0 N–H and O–H groups in total. The third kappa shape index (κ3) is 4.08. The number of nitrogens with zero attached hydrogens (tertiary/aromatic N) is 2. The van der Waals surface area contributed by atoms with Crippen molar-refractivity contribution in [3.05, 3.63) is 0 Å². The SMILES string of the molecule is C/C=N\CCC(C#N)CC. The van der Waals surface area contributed by atoms with Crippen LogP contribution in [0.25, 0.3) is 0 Å². The van der Waals surface area contributed by atoms with Crippen LogP contribution < -0.4 is 0 Å². The van der Waals surface area contributed by atoms with Crippen LogP contribution in [-0.4, -0.2) is 12.8 Å². The van der Waals surface area contributed by atoms with E-state index in [4.69, 9.17) is 5.26 Å². The van der Waals surface area contributed by atoms with Gasteiger partial charge < -0.3 is 0 Å². The number of aliphatic imine (C=N–C) groups is 1. The molecule has 0 heterocycles. The van der Waals surface area contributed by atoms with Crippen molar-refractivity contribution in [3.8, 4) is 6.07 Å². The normalized spacial score (nSPS) is 13.3. The van der Waals surface area contributed by atoms with Gasteiger partial charge in [0.15, 0.2) is 0 Å². The van der Waals surface area contributed by atoms with Crippen LogP contribution in [0.4, 0.5) is 0 Å². The summed E-state index contributed by atoms with van der Waals surface area (Å²) in [6.45, 7) is 4.72. The van der Waals surface area contributed by atoms with E-state index in [-0.39, 0.29) is 5.92 Å². The van der Waals surface area contributed by atoms with E-state index in [0.717, 1.165) is 19.4 Å². The Hall–Kier alpha value is -0.840. The van der Waals surface area contributed by atoms with E-state index in [9.17, 15) is 0 Å². The maximum atomic E-state index is 8.52. The lowest BCUT2D eigenvalue weighted by atomic mass is 10.1. The minimum Gasteiger partial charge on any atom is -0.298 e. The highest BCUT2D eigenvalue weighted by Crippen LogP contribution is 2.05. The number of nitriles is 1. The zero-order valence-electron chi connectivity index (χ0n) is 6.67. The van der Waals surface area contributed by atoms with Crippen LogP contribution in [-0.2, 0) is 0 Å². The van der Waals surface area contributed by atoms with Crippen LogP contribution in [0.15, 0.2) is 4.99 Å². The van der Waals surface area contributed by atoms with Gasteiger partial charge in [0.2, 0.25) is 0 Å². The largest absolute Gasteiger partial charge is 0.298 e. The Kier molecular flexibility index (Phi) is 5.75. The molecule has 56 valence electrons. The van der Waals surface area contributed by atoms with Gasteiger partial charge in [0.05, 0.1) is 6.07 Å². The second kappa shape index (κ2) is 6.28. The van der Waals surface area contributed by atoms with Crippen molar-refractivity contribution in [1.82, 2.24) is 0 Å². The van der Waals surface area contributed by atoms with Gasteiger partial charge in [-0.25, -0.2) is 0 Å². The zero-order chi connectivity index (χ0) is 7.82. The van der Waals surface area contributed by atoms with Gasteiger partial charge in [-0.05, 0) is 26.0 Å². The van der Waals surface area contributed by atoms with Crippen molar-refractivity contribution in [3.63, 3.8) is 0 Å². The Bertz CT molecular complexity index is 133. The molecule has 0 saturated heterocycles. The molecule has 0 rings (SSSR count). The van der Waals surface area contributed by atoms with E-state index >= 15 is 0 Å². The van der Waals surface area contributed by atoms with Crippen LogP contribution in [0.2, 0.25) is 0 Å². The molecule has 0 bridgehead atoms. The van der Waals surface area contributed by atoms with Gasteiger partial charge in [0.25, 0.3) is 0 Å². The molecule has 1 unspecified atom stereocenters. The molecular formula is C8H14N2. The summed E-state index contributed by atoms with van der Waals surface area (Å²) >= 11 is 0. The molecule has 0 aliphatic heterocycles. The van der Waals surface area contributed by atoms with Gasteiger partial charge in [-0.3, -0.25) is 4.99 Å². The molecule has 0 aromatic heterocycles. The molecule has 10 heavy (non-hydrogen) atoms. The van der Waals surface area contributed by atoms with Crippen LogP contribution in [0, 0.1) is 17.2 Å². The minimum atomic E-state index is 0.198. The first-order valence-electron chi connectivity index (χ1n) is 3.69. The summed E-state index contributed by atoms with van der Waals surface area (Å²) in [5.74, 6) is 0.198. The maximum Gasteiger partial charge on any atom is 0.0656 e. The second-order valence-electron chi connectivity index (χ2n) is 2.19. The lowest BCUT2D eigenvalue weighted by Crippen LogP contribution is -1.96. The van der Waals surface area contributed by atoms with Gasteiger partial charge >= 0.3 is 0 Å². The number of hydrogen-bond donors (Lipinski definition) is 0. The summed E-state index contributed by atoms with van der Waals surface area (Å²) in [5.41, 5.74) is 0. The highest BCUT2D eigenvalue weighted by molar-refractivity contribution is 5.53. The van der Waals surface area contributed by atoms with E-state index in [1.807, 2.05) is 13.8 Å². The standard InChI is InChI=1S/C8H14N2/c1-3-8(7-9)5-6-10-4-2/h4,8H,3,5-6H2,1-2H3/b10-4-. The summed E-state index contributed by atoms with van der Waals surface area (Å²) in [6.07, 6.45) is 3.62. The Balaban J connectivity index is 3.37. The van der Waals surface area contributed by atoms with Crippen molar-refractivity contribution < 1.29 is 0 Å². The Morgan fingerprint density at radius 2 is 2.40 bits per heavy atom. The Morgan fingerprint density at radius 1 is 1.70 bits per heavy atom. The van der Waals surface area contributed by atoms with Crippen LogP contribution in [0.5, 0.6) is 0 Å². The molecule has 0 spiro atoms. The molecule has 0 aliphatic carbocycles. The van der Waals surface area contributed by atoms with Crippen molar-refractivity contribution >= 4 is 6.21 Å². The number of rotatable bonds is 4. The smallest absolute Gasteiger partial charge is 0.0656 e. The summed E-state index contributed by atoms with van der Waals surface area (Å²) in [4.78, 5) is 4.03. The molecule has 2 nitrogen and oxygen atoms in total. The fourth-order valence-corrected chi connectivity index (χ4v) is 0.719. The van der Waals surface area contributed by atoms with Crippen LogP contribution >= 0.6 is 0 Å². The predicted molar refractivity (Wildman–Crippen MR) is 43.0 cm³/mol. The quantitative estimate of drug-likeness (QED) is 0.547. The molecule has 0 aromatic rings. The summed E-state index contributed by atoms with van der Waals surface area (Å²) in [5, 5.41) is 8.52. The third-order valence-electron chi connectivity index (χ3n) is 1.46. The third-order valence-corrected chi connectivity index (χ3v) is 1.46. The first kappa shape index (κ1) is 9.16. The van der Waals surface area contributed by atoms with Gasteiger partial charge in [0, 0.05) is 12.5 Å². The molecule has 0 aliphatic rings. The fourth-order valence-electron chi connectivity index (χ4n) is 0.719. The molecule has 0 radical (unpaired) electrons. The lowest BCUT2D eigenvalue weighted by Gasteiger charge is -2.00. The fraction of sp³-hybridized carbons (Fsp3) is 0.750. The average Bonchev–Trinajstić information content (AvgIpc) is 1.99.